The fourth-order valence-electron chi connectivity index (χ4n) is 4.68. The Hall–Kier alpha value is -3.65. The molecule has 0 amide bonds. The van der Waals surface area contributed by atoms with Gasteiger partial charge >= 0.3 is 0 Å². The Labute approximate surface area is 197 Å². The minimum Gasteiger partial charge on any atom is -0.357 e. The first-order chi connectivity index (χ1) is 16.5. The maximum absolute atomic E-state index is 13.6. The van der Waals surface area contributed by atoms with E-state index in [-0.39, 0.29) is 17.7 Å². The summed E-state index contributed by atoms with van der Waals surface area (Å²) in [4.78, 5) is 16.1. The van der Waals surface area contributed by atoms with Gasteiger partial charge in [-0.25, -0.2) is 23.7 Å². The van der Waals surface area contributed by atoms with Crippen molar-refractivity contribution in [3.05, 3.63) is 83.8 Å². The Morgan fingerprint density at radius 3 is 2.65 bits per heavy atom. The van der Waals surface area contributed by atoms with Gasteiger partial charge in [-0.15, -0.1) is 0 Å². The number of hydrogen-bond donors (Lipinski definition) is 1. The molecule has 34 heavy (non-hydrogen) atoms. The van der Waals surface area contributed by atoms with Gasteiger partial charge in [0.05, 0.1) is 17.1 Å². The van der Waals surface area contributed by atoms with Gasteiger partial charge in [0.25, 0.3) is 0 Å². The van der Waals surface area contributed by atoms with E-state index in [0.717, 1.165) is 53.4 Å². The molecule has 2 aromatic carbocycles. The van der Waals surface area contributed by atoms with Crippen LogP contribution in [0.3, 0.4) is 0 Å². The normalized spacial score (nSPS) is 15.0. The number of aryl methyl sites for hydroxylation is 1. The van der Waals surface area contributed by atoms with Crippen molar-refractivity contribution in [3.8, 4) is 22.6 Å². The van der Waals surface area contributed by atoms with Crippen molar-refractivity contribution in [2.45, 2.75) is 25.4 Å². The van der Waals surface area contributed by atoms with E-state index in [1.54, 1.807) is 37.5 Å². The standard InChI is InChI=1S/C26H26F2N6/c1-29-26-30-13-12-22(31-26)25-24(18-6-8-19(27)9-7-18)32-23-11-10-21(34(23)25)16-33(2)15-17-4-3-5-20(28)14-17/h3-9,12-14,21H,10-11,15-16H2,1-2H3,(H,29,30,31). The lowest BCUT2D eigenvalue weighted by Gasteiger charge is -2.24. The lowest BCUT2D eigenvalue weighted by atomic mass is 10.1. The number of aromatic nitrogens is 4. The number of anilines is 1. The van der Waals surface area contributed by atoms with Crippen LogP contribution in [0.5, 0.6) is 0 Å². The third-order valence-corrected chi connectivity index (χ3v) is 6.15. The van der Waals surface area contributed by atoms with Crippen LogP contribution in [0, 0.1) is 11.6 Å². The summed E-state index contributed by atoms with van der Waals surface area (Å²) in [6.45, 7) is 1.43. The van der Waals surface area contributed by atoms with Gasteiger partial charge in [-0.1, -0.05) is 12.1 Å². The molecular weight excluding hydrogens is 434 g/mol. The largest absolute Gasteiger partial charge is 0.357 e. The molecule has 0 aliphatic carbocycles. The zero-order chi connectivity index (χ0) is 23.7. The number of halogens is 2. The predicted molar refractivity (Wildman–Crippen MR) is 128 cm³/mol. The molecule has 0 fully saturated rings. The van der Waals surface area contributed by atoms with Crippen LogP contribution < -0.4 is 5.32 Å². The maximum atomic E-state index is 13.6. The molecule has 4 aromatic rings. The summed E-state index contributed by atoms with van der Waals surface area (Å²) in [5.74, 6) is 1.01. The molecule has 0 radical (unpaired) electrons. The molecular formula is C26H26F2N6. The third kappa shape index (κ3) is 4.41. The number of nitrogens with one attached hydrogen (secondary N) is 1. The van der Waals surface area contributed by atoms with Gasteiger partial charge in [-0.05, 0) is 61.5 Å². The summed E-state index contributed by atoms with van der Waals surface area (Å²) in [7, 11) is 3.83. The highest BCUT2D eigenvalue weighted by Gasteiger charge is 2.31. The number of rotatable bonds is 7. The van der Waals surface area contributed by atoms with Crippen LogP contribution in [0.25, 0.3) is 22.6 Å². The van der Waals surface area contributed by atoms with Crippen molar-refractivity contribution < 1.29 is 8.78 Å². The van der Waals surface area contributed by atoms with E-state index in [1.807, 2.05) is 19.2 Å². The number of benzene rings is 2. The van der Waals surface area contributed by atoms with Crippen LogP contribution in [-0.2, 0) is 13.0 Å². The molecule has 174 valence electrons. The highest BCUT2D eigenvalue weighted by Crippen LogP contribution is 2.39. The van der Waals surface area contributed by atoms with Crippen LogP contribution in [-0.4, -0.2) is 45.1 Å². The van der Waals surface area contributed by atoms with Gasteiger partial charge in [-0.2, -0.15) is 0 Å². The van der Waals surface area contributed by atoms with E-state index >= 15 is 0 Å². The van der Waals surface area contributed by atoms with Gasteiger partial charge in [0.1, 0.15) is 17.5 Å². The zero-order valence-corrected chi connectivity index (χ0v) is 19.2. The summed E-state index contributed by atoms with van der Waals surface area (Å²) in [5.41, 5.74) is 4.23. The number of likely N-dealkylation sites (N-methyl/N-ethyl adjacent to an activating group) is 1. The minimum atomic E-state index is -0.284. The van der Waals surface area contributed by atoms with E-state index in [9.17, 15) is 8.78 Å². The Morgan fingerprint density at radius 2 is 1.88 bits per heavy atom. The van der Waals surface area contributed by atoms with Gasteiger partial charge in [-0.3, -0.25) is 0 Å². The second kappa shape index (κ2) is 9.30. The predicted octanol–water partition coefficient (Wildman–Crippen LogP) is 4.95. The summed E-state index contributed by atoms with van der Waals surface area (Å²) < 4.78 is 29.5. The van der Waals surface area contributed by atoms with Crippen LogP contribution in [0.4, 0.5) is 14.7 Å². The quantitative estimate of drug-likeness (QED) is 0.423. The molecule has 2 aromatic heterocycles. The zero-order valence-electron chi connectivity index (χ0n) is 19.2. The fraction of sp³-hybridized carbons (Fsp3) is 0.269. The molecule has 8 heteroatoms. The third-order valence-electron chi connectivity index (χ3n) is 6.15. The number of fused-ring (bicyclic) bond motifs is 1. The SMILES string of the molecule is CNc1nccc(-c2c(-c3ccc(F)cc3)nc3n2C(CN(C)Cc2cccc(F)c2)CC3)n1. The Bertz CT molecular complexity index is 1300. The van der Waals surface area contributed by atoms with Crippen molar-refractivity contribution in [2.75, 3.05) is 26.0 Å². The van der Waals surface area contributed by atoms with E-state index in [1.165, 1.54) is 18.2 Å². The molecule has 1 aliphatic rings. The van der Waals surface area contributed by atoms with Crippen LogP contribution >= 0.6 is 0 Å². The fourth-order valence-corrected chi connectivity index (χ4v) is 4.68. The molecule has 1 unspecified atom stereocenters. The first-order valence-electron chi connectivity index (χ1n) is 11.3. The van der Waals surface area contributed by atoms with E-state index in [0.29, 0.717) is 12.5 Å². The molecule has 1 atom stereocenters. The van der Waals surface area contributed by atoms with Crippen LogP contribution in [0.15, 0.2) is 60.8 Å². The second-order valence-corrected chi connectivity index (χ2v) is 8.64. The summed E-state index contributed by atoms with van der Waals surface area (Å²) in [6.07, 6.45) is 3.52. The topological polar surface area (TPSA) is 58.9 Å². The van der Waals surface area contributed by atoms with Crippen molar-refractivity contribution in [1.29, 1.82) is 0 Å². The van der Waals surface area contributed by atoms with Crippen molar-refractivity contribution >= 4 is 5.95 Å². The molecule has 5 rings (SSSR count). The first-order valence-corrected chi connectivity index (χ1v) is 11.3. The van der Waals surface area contributed by atoms with Crippen LogP contribution in [0.1, 0.15) is 23.9 Å². The Morgan fingerprint density at radius 1 is 1.06 bits per heavy atom. The highest BCUT2D eigenvalue weighted by molar-refractivity contribution is 5.78. The Balaban J connectivity index is 1.52. The average Bonchev–Trinajstić information content (AvgIpc) is 3.39. The van der Waals surface area contributed by atoms with Crippen molar-refractivity contribution in [2.24, 2.45) is 0 Å². The Kier molecular flexibility index (Phi) is 6.06. The van der Waals surface area contributed by atoms with Gasteiger partial charge in [0.15, 0.2) is 0 Å². The molecule has 0 saturated carbocycles. The van der Waals surface area contributed by atoms with Gasteiger partial charge in [0.2, 0.25) is 5.95 Å². The van der Waals surface area contributed by atoms with Crippen LogP contribution in [0.2, 0.25) is 0 Å². The maximum Gasteiger partial charge on any atom is 0.222 e. The molecule has 0 spiro atoms. The number of imidazole rings is 1. The van der Waals surface area contributed by atoms with E-state index < -0.39 is 0 Å². The average molecular weight is 461 g/mol. The summed E-state index contributed by atoms with van der Waals surface area (Å²) in [5, 5.41) is 3.00. The number of nitrogens with zero attached hydrogens (tertiary/aromatic N) is 5. The van der Waals surface area contributed by atoms with Gasteiger partial charge in [0, 0.05) is 44.4 Å². The molecule has 3 heterocycles. The summed E-state index contributed by atoms with van der Waals surface area (Å²) in [6, 6.07) is 15.2. The molecule has 1 aliphatic heterocycles. The number of hydrogen-bond acceptors (Lipinski definition) is 5. The first kappa shape index (κ1) is 22.2. The smallest absolute Gasteiger partial charge is 0.222 e. The van der Waals surface area contributed by atoms with Crippen molar-refractivity contribution in [1.82, 2.24) is 24.4 Å². The monoisotopic (exact) mass is 460 g/mol. The molecule has 6 nitrogen and oxygen atoms in total. The lowest BCUT2D eigenvalue weighted by Crippen LogP contribution is -2.26. The second-order valence-electron chi connectivity index (χ2n) is 8.64. The minimum absolute atomic E-state index is 0.179. The molecule has 0 saturated heterocycles. The lowest BCUT2D eigenvalue weighted by molar-refractivity contribution is 0.273. The molecule has 1 N–H and O–H groups in total. The van der Waals surface area contributed by atoms with Crippen molar-refractivity contribution in [3.63, 3.8) is 0 Å². The summed E-state index contributed by atoms with van der Waals surface area (Å²) >= 11 is 0. The van der Waals surface area contributed by atoms with E-state index in [2.05, 4.69) is 19.8 Å². The van der Waals surface area contributed by atoms with Gasteiger partial charge < -0.3 is 14.8 Å². The highest BCUT2D eigenvalue weighted by atomic mass is 19.1. The molecule has 0 bridgehead atoms. The van der Waals surface area contributed by atoms with E-state index in [4.69, 9.17) is 9.97 Å².